The lowest BCUT2D eigenvalue weighted by Gasteiger charge is -2.21. The van der Waals surface area contributed by atoms with E-state index in [9.17, 15) is 9.18 Å². The van der Waals surface area contributed by atoms with E-state index in [0.717, 1.165) is 5.56 Å². The molecule has 104 valence electrons. The molecule has 0 aliphatic rings. The van der Waals surface area contributed by atoms with Gasteiger partial charge < -0.3 is 10.2 Å². The third-order valence-corrected chi connectivity index (χ3v) is 2.84. The van der Waals surface area contributed by atoms with Gasteiger partial charge in [0.25, 0.3) is 0 Å². The van der Waals surface area contributed by atoms with Gasteiger partial charge in [0.1, 0.15) is 5.82 Å². The molecule has 0 radical (unpaired) electrons. The predicted molar refractivity (Wildman–Crippen MR) is 75.7 cm³/mol. The molecular formula is C15H16FN3O. The number of urea groups is 1. The molecule has 4 nitrogen and oxygen atoms in total. The number of halogens is 1. The Balaban J connectivity index is 2.02. The minimum absolute atomic E-state index is 0.232. The first-order chi connectivity index (χ1) is 9.69. The standard InChI is InChI=1S/C15H16FN3O/c1-2-19(11-12-5-3-6-13(16)9-12)15(20)18-14-7-4-8-17-10-14/h3-10H,2,11H2,1H3,(H,18,20). The molecule has 2 aromatic rings. The lowest BCUT2D eigenvalue weighted by atomic mass is 10.2. The molecule has 0 saturated carbocycles. The number of hydrogen-bond donors (Lipinski definition) is 1. The second kappa shape index (κ2) is 6.65. The summed E-state index contributed by atoms with van der Waals surface area (Å²) in [6, 6.07) is 9.53. The normalized spacial score (nSPS) is 10.1. The van der Waals surface area contributed by atoms with Crippen molar-refractivity contribution in [1.82, 2.24) is 9.88 Å². The van der Waals surface area contributed by atoms with Gasteiger partial charge in [0.05, 0.1) is 11.9 Å². The van der Waals surface area contributed by atoms with Gasteiger partial charge in [-0.1, -0.05) is 12.1 Å². The van der Waals surface area contributed by atoms with Crippen LogP contribution in [0.5, 0.6) is 0 Å². The van der Waals surface area contributed by atoms with E-state index in [-0.39, 0.29) is 11.8 Å². The Bertz CT molecular complexity index is 574. The van der Waals surface area contributed by atoms with E-state index in [1.807, 2.05) is 6.92 Å². The highest BCUT2D eigenvalue weighted by Crippen LogP contribution is 2.10. The molecule has 0 atom stereocenters. The second-order valence-corrected chi connectivity index (χ2v) is 4.32. The average molecular weight is 273 g/mol. The fraction of sp³-hybridized carbons (Fsp3) is 0.200. The molecule has 0 spiro atoms. The van der Waals surface area contributed by atoms with Gasteiger partial charge in [0.2, 0.25) is 0 Å². The van der Waals surface area contributed by atoms with E-state index in [1.165, 1.54) is 12.1 Å². The summed E-state index contributed by atoms with van der Waals surface area (Å²) in [6.07, 6.45) is 3.22. The van der Waals surface area contributed by atoms with Crippen molar-refractivity contribution < 1.29 is 9.18 Å². The Labute approximate surface area is 117 Å². The number of carbonyl (C=O) groups excluding carboxylic acids is 1. The van der Waals surface area contributed by atoms with Crippen LogP contribution in [0.15, 0.2) is 48.8 Å². The van der Waals surface area contributed by atoms with Crippen molar-refractivity contribution >= 4 is 11.7 Å². The minimum atomic E-state index is -0.300. The Morgan fingerprint density at radius 3 is 2.85 bits per heavy atom. The number of aromatic nitrogens is 1. The zero-order valence-electron chi connectivity index (χ0n) is 11.2. The van der Waals surface area contributed by atoms with Crippen molar-refractivity contribution in [2.24, 2.45) is 0 Å². The highest BCUT2D eigenvalue weighted by Gasteiger charge is 2.12. The maximum Gasteiger partial charge on any atom is 0.322 e. The highest BCUT2D eigenvalue weighted by molar-refractivity contribution is 5.89. The third kappa shape index (κ3) is 3.78. The molecule has 2 rings (SSSR count). The molecule has 0 saturated heterocycles. The van der Waals surface area contributed by atoms with E-state index in [1.54, 1.807) is 41.6 Å². The summed E-state index contributed by atoms with van der Waals surface area (Å²) in [5, 5.41) is 2.76. The molecule has 20 heavy (non-hydrogen) atoms. The molecule has 2 amide bonds. The number of anilines is 1. The van der Waals surface area contributed by atoms with Gasteiger partial charge in [-0.25, -0.2) is 9.18 Å². The highest BCUT2D eigenvalue weighted by atomic mass is 19.1. The van der Waals surface area contributed by atoms with Crippen LogP contribution in [0.25, 0.3) is 0 Å². The summed E-state index contributed by atoms with van der Waals surface area (Å²) in [6.45, 7) is 2.77. The predicted octanol–water partition coefficient (Wildman–Crippen LogP) is 3.27. The van der Waals surface area contributed by atoms with Crippen LogP contribution in [-0.4, -0.2) is 22.5 Å². The lowest BCUT2D eigenvalue weighted by Crippen LogP contribution is -2.34. The summed E-state index contributed by atoms with van der Waals surface area (Å²) >= 11 is 0. The number of carbonyl (C=O) groups is 1. The van der Waals surface area contributed by atoms with Gasteiger partial charge in [-0.15, -0.1) is 0 Å². The molecule has 1 N–H and O–H groups in total. The SMILES string of the molecule is CCN(Cc1cccc(F)c1)C(=O)Nc1cccnc1. The topological polar surface area (TPSA) is 45.2 Å². The molecule has 0 aliphatic heterocycles. The van der Waals surface area contributed by atoms with E-state index in [0.29, 0.717) is 18.8 Å². The molecule has 1 aromatic carbocycles. The fourth-order valence-electron chi connectivity index (χ4n) is 1.82. The number of nitrogens with zero attached hydrogens (tertiary/aromatic N) is 2. The van der Waals surface area contributed by atoms with Crippen LogP contribution in [0.3, 0.4) is 0 Å². The third-order valence-electron chi connectivity index (χ3n) is 2.84. The molecule has 5 heteroatoms. The van der Waals surface area contributed by atoms with Crippen molar-refractivity contribution in [1.29, 1.82) is 0 Å². The molecule has 0 aliphatic carbocycles. The van der Waals surface area contributed by atoms with Gasteiger partial charge >= 0.3 is 6.03 Å². The number of nitrogens with one attached hydrogen (secondary N) is 1. The van der Waals surface area contributed by atoms with E-state index < -0.39 is 0 Å². The van der Waals surface area contributed by atoms with Gasteiger partial charge in [0.15, 0.2) is 0 Å². The summed E-state index contributed by atoms with van der Waals surface area (Å²) in [7, 11) is 0. The van der Waals surface area contributed by atoms with Crippen molar-refractivity contribution in [2.75, 3.05) is 11.9 Å². The maximum atomic E-state index is 13.1. The smallest absolute Gasteiger partial charge is 0.320 e. The number of hydrogen-bond acceptors (Lipinski definition) is 2. The monoisotopic (exact) mass is 273 g/mol. The van der Waals surface area contributed by atoms with E-state index in [2.05, 4.69) is 10.3 Å². The zero-order valence-corrected chi connectivity index (χ0v) is 11.2. The zero-order chi connectivity index (χ0) is 14.4. The molecule has 1 aromatic heterocycles. The van der Waals surface area contributed by atoms with Gasteiger partial charge in [-0.05, 0) is 36.8 Å². The van der Waals surface area contributed by atoms with Gasteiger partial charge in [0, 0.05) is 19.3 Å². The molecule has 0 unspecified atom stereocenters. The Morgan fingerprint density at radius 2 is 2.20 bits per heavy atom. The number of rotatable bonds is 4. The lowest BCUT2D eigenvalue weighted by molar-refractivity contribution is 0.212. The molecule has 1 heterocycles. The van der Waals surface area contributed by atoms with Crippen LogP contribution in [0.2, 0.25) is 0 Å². The first-order valence-electron chi connectivity index (χ1n) is 6.39. The van der Waals surface area contributed by atoms with Gasteiger partial charge in [-0.3, -0.25) is 4.98 Å². The average Bonchev–Trinajstić information content (AvgIpc) is 2.46. The maximum absolute atomic E-state index is 13.1. The minimum Gasteiger partial charge on any atom is -0.320 e. The first kappa shape index (κ1) is 14.0. The quantitative estimate of drug-likeness (QED) is 0.929. The number of pyridine rings is 1. The fourth-order valence-corrected chi connectivity index (χ4v) is 1.82. The molecule has 0 bridgehead atoms. The molecular weight excluding hydrogens is 257 g/mol. The number of amides is 2. The summed E-state index contributed by atoms with van der Waals surface area (Å²) in [5.41, 5.74) is 1.39. The van der Waals surface area contributed by atoms with Crippen molar-refractivity contribution in [2.45, 2.75) is 13.5 Å². The first-order valence-corrected chi connectivity index (χ1v) is 6.39. The molecule has 0 fully saturated rings. The van der Waals surface area contributed by atoms with E-state index in [4.69, 9.17) is 0 Å². The summed E-state index contributed by atoms with van der Waals surface area (Å²) in [5.74, 6) is -0.300. The van der Waals surface area contributed by atoms with Crippen molar-refractivity contribution in [3.05, 3.63) is 60.2 Å². The van der Waals surface area contributed by atoms with Crippen LogP contribution in [0, 0.1) is 5.82 Å². The summed E-state index contributed by atoms with van der Waals surface area (Å²) < 4.78 is 13.1. The van der Waals surface area contributed by atoms with Crippen LogP contribution in [0.1, 0.15) is 12.5 Å². The van der Waals surface area contributed by atoms with Crippen LogP contribution in [0.4, 0.5) is 14.9 Å². The van der Waals surface area contributed by atoms with Crippen molar-refractivity contribution in [3.8, 4) is 0 Å². The second-order valence-electron chi connectivity index (χ2n) is 4.32. The number of benzene rings is 1. The van der Waals surface area contributed by atoms with E-state index >= 15 is 0 Å². The Hall–Kier alpha value is -2.43. The van der Waals surface area contributed by atoms with Crippen LogP contribution < -0.4 is 5.32 Å². The Kier molecular flexibility index (Phi) is 4.65. The van der Waals surface area contributed by atoms with Crippen LogP contribution >= 0.6 is 0 Å². The van der Waals surface area contributed by atoms with Gasteiger partial charge in [-0.2, -0.15) is 0 Å². The largest absolute Gasteiger partial charge is 0.322 e. The van der Waals surface area contributed by atoms with Crippen molar-refractivity contribution in [3.63, 3.8) is 0 Å². The van der Waals surface area contributed by atoms with Crippen LogP contribution in [-0.2, 0) is 6.54 Å². The Morgan fingerprint density at radius 1 is 1.35 bits per heavy atom. The summed E-state index contributed by atoms with van der Waals surface area (Å²) in [4.78, 5) is 17.7.